The summed E-state index contributed by atoms with van der Waals surface area (Å²) in [6.45, 7) is 8.51. The van der Waals surface area contributed by atoms with Crippen molar-refractivity contribution in [2.45, 2.75) is 58.4 Å². The minimum atomic E-state index is 0.118. The van der Waals surface area contributed by atoms with Crippen LogP contribution in [0.4, 0.5) is 0 Å². The third-order valence-electron chi connectivity index (χ3n) is 5.24. The first-order chi connectivity index (χ1) is 8.97. The highest BCUT2D eigenvalue weighted by atomic mass is 16.2. The number of hydrogen-bond donors (Lipinski definition) is 0. The minimum Gasteiger partial charge on any atom is -0.343 e. The topological polar surface area (TPSA) is 32.7 Å². The van der Waals surface area contributed by atoms with Crippen molar-refractivity contribution < 1.29 is 4.79 Å². The lowest BCUT2D eigenvalue weighted by Gasteiger charge is -2.52. The summed E-state index contributed by atoms with van der Waals surface area (Å²) >= 11 is 0. The van der Waals surface area contributed by atoms with Crippen LogP contribution in [0.25, 0.3) is 0 Å². The molecule has 2 aliphatic rings. The van der Waals surface area contributed by atoms with Crippen molar-refractivity contribution in [2.75, 3.05) is 13.6 Å². The molecule has 3 heteroatoms. The van der Waals surface area contributed by atoms with E-state index in [4.69, 9.17) is 0 Å². The second-order valence-electron chi connectivity index (χ2n) is 7.02. The smallest absolute Gasteiger partial charge is 0.225 e. The molecular weight excluding hydrogens is 236 g/mol. The standard InChI is InChI=1S/C16H28N2O/c1-12(2)15(19)18(4)14-5-7-16(8-6-14)9-13(10-16)11-17-3/h12-14H,3,5-11H2,1-2,4H3. The van der Waals surface area contributed by atoms with Gasteiger partial charge in [-0.15, -0.1) is 0 Å². The van der Waals surface area contributed by atoms with Crippen LogP contribution in [-0.4, -0.2) is 37.2 Å². The highest BCUT2D eigenvalue weighted by Gasteiger charge is 2.46. The van der Waals surface area contributed by atoms with Gasteiger partial charge >= 0.3 is 0 Å². The Kier molecular flexibility index (Phi) is 4.32. The maximum absolute atomic E-state index is 12.0. The van der Waals surface area contributed by atoms with Crippen molar-refractivity contribution in [2.24, 2.45) is 22.2 Å². The number of hydrogen-bond acceptors (Lipinski definition) is 2. The highest BCUT2D eigenvalue weighted by molar-refractivity contribution is 5.78. The quantitative estimate of drug-likeness (QED) is 0.718. The van der Waals surface area contributed by atoms with Gasteiger partial charge in [0.25, 0.3) is 0 Å². The van der Waals surface area contributed by atoms with Crippen molar-refractivity contribution >= 4 is 12.6 Å². The average Bonchev–Trinajstić information content (AvgIpc) is 2.36. The van der Waals surface area contributed by atoms with Crippen LogP contribution in [0.1, 0.15) is 52.4 Å². The van der Waals surface area contributed by atoms with Crippen LogP contribution in [0.2, 0.25) is 0 Å². The van der Waals surface area contributed by atoms with E-state index in [9.17, 15) is 4.79 Å². The fourth-order valence-corrected chi connectivity index (χ4v) is 4.07. The van der Waals surface area contributed by atoms with Crippen LogP contribution >= 0.6 is 0 Å². The summed E-state index contributed by atoms with van der Waals surface area (Å²) in [6, 6.07) is 0.470. The molecule has 2 fully saturated rings. The van der Waals surface area contributed by atoms with Crippen LogP contribution in [0, 0.1) is 17.3 Å². The summed E-state index contributed by atoms with van der Waals surface area (Å²) in [5, 5.41) is 0. The Morgan fingerprint density at radius 3 is 2.42 bits per heavy atom. The summed E-state index contributed by atoms with van der Waals surface area (Å²) in [4.78, 5) is 18.0. The summed E-state index contributed by atoms with van der Waals surface area (Å²) < 4.78 is 0. The van der Waals surface area contributed by atoms with E-state index in [0.717, 1.165) is 12.5 Å². The predicted molar refractivity (Wildman–Crippen MR) is 79.4 cm³/mol. The zero-order chi connectivity index (χ0) is 14.0. The number of carbonyl (C=O) groups is 1. The average molecular weight is 264 g/mol. The molecule has 0 heterocycles. The van der Waals surface area contributed by atoms with E-state index in [1.165, 1.54) is 38.5 Å². The summed E-state index contributed by atoms with van der Waals surface area (Å²) in [5.41, 5.74) is 0.591. The van der Waals surface area contributed by atoms with Crippen molar-refractivity contribution in [3.8, 4) is 0 Å². The summed E-state index contributed by atoms with van der Waals surface area (Å²) in [6.07, 6.45) is 7.62. The lowest BCUT2D eigenvalue weighted by atomic mass is 9.55. The molecule has 2 aliphatic carbocycles. The first kappa shape index (κ1) is 14.5. The Labute approximate surface area is 117 Å². The number of aliphatic imine (C=N–C) groups is 1. The molecule has 0 unspecified atom stereocenters. The second-order valence-corrected chi connectivity index (χ2v) is 7.02. The lowest BCUT2D eigenvalue weighted by molar-refractivity contribution is -0.137. The molecule has 3 nitrogen and oxygen atoms in total. The van der Waals surface area contributed by atoms with Crippen LogP contribution in [0.15, 0.2) is 4.99 Å². The second kappa shape index (κ2) is 5.64. The molecule has 19 heavy (non-hydrogen) atoms. The van der Waals surface area contributed by atoms with Gasteiger partial charge in [-0.2, -0.15) is 0 Å². The minimum absolute atomic E-state index is 0.118. The Bertz CT molecular complexity index is 335. The molecular formula is C16H28N2O. The maximum Gasteiger partial charge on any atom is 0.225 e. The molecule has 0 bridgehead atoms. The fraction of sp³-hybridized carbons (Fsp3) is 0.875. The van der Waals surface area contributed by atoms with Gasteiger partial charge in [0.05, 0.1) is 0 Å². The third kappa shape index (κ3) is 3.01. The molecule has 108 valence electrons. The van der Waals surface area contributed by atoms with Gasteiger partial charge in [0.2, 0.25) is 5.91 Å². The third-order valence-corrected chi connectivity index (χ3v) is 5.24. The predicted octanol–water partition coefficient (Wildman–Crippen LogP) is 3.14. The summed E-state index contributed by atoms with van der Waals surface area (Å²) in [7, 11) is 1.98. The van der Waals surface area contributed by atoms with E-state index < -0.39 is 0 Å². The number of carbonyl (C=O) groups excluding carboxylic acids is 1. The molecule has 2 rings (SSSR count). The van der Waals surface area contributed by atoms with E-state index in [1.807, 2.05) is 25.8 Å². The molecule has 1 amide bonds. The van der Waals surface area contributed by atoms with E-state index in [1.54, 1.807) is 0 Å². The molecule has 0 saturated heterocycles. The molecule has 1 spiro atoms. The Morgan fingerprint density at radius 1 is 1.37 bits per heavy atom. The maximum atomic E-state index is 12.0. The first-order valence-electron chi connectivity index (χ1n) is 7.66. The van der Waals surface area contributed by atoms with Gasteiger partial charge in [-0.25, -0.2) is 0 Å². The monoisotopic (exact) mass is 264 g/mol. The fourth-order valence-electron chi connectivity index (χ4n) is 4.07. The van der Waals surface area contributed by atoms with Gasteiger partial charge < -0.3 is 9.89 Å². The van der Waals surface area contributed by atoms with Gasteiger partial charge in [-0.05, 0) is 56.6 Å². The molecule has 0 atom stereocenters. The Balaban J connectivity index is 1.80. The van der Waals surface area contributed by atoms with Crippen molar-refractivity contribution in [1.82, 2.24) is 4.90 Å². The van der Waals surface area contributed by atoms with Crippen LogP contribution in [-0.2, 0) is 4.79 Å². The van der Waals surface area contributed by atoms with Crippen molar-refractivity contribution in [3.63, 3.8) is 0 Å². The van der Waals surface area contributed by atoms with Gasteiger partial charge in [0.15, 0.2) is 0 Å². The molecule has 0 aromatic heterocycles. The lowest BCUT2D eigenvalue weighted by Crippen LogP contribution is -2.47. The molecule has 2 saturated carbocycles. The Morgan fingerprint density at radius 2 is 1.95 bits per heavy atom. The van der Waals surface area contributed by atoms with E-state index in [-0.39, 0.29) is 5.92 Å². The van der Waals surface area contributed by atoms with E-state index in [2.05, 4.69) is 11.7 Å². The van der Waals surface area contributed by atoms with Gasteiger partial charge in [0.1, 0.15) is 0 Å². The normalized spacial score (nSPS) is 34.1. The first-order valence-corrected chi connectivity index (χ1v) is 7.66. The SMILES string of the molecule is C=NCC1CC2(CCC(N(C)C(=O)C(C)C)CC2)C1. The Hall–Kier alpha value is -0.860. The molecule has 0 aromatic carbocycles. The van der Waals surface area contributed by atoms with Crippen molar-refractivity contribution in [1.29, 1.82) is 0 Å². The molecule has 0 aliphatic heterocycles. The van der Waals surface area contributed by atoms with E-state index >= 15 is 0 Å². The highest BCUT2D eigenvalue weighted by Crippen LogP contribution is 2.55. The molecule has 0 N–H and O–H groups in total. The molecule has 0 aromatic rings. The largest absolute Gasteiger partial charge is 0.343 e. The zero-order valence-electron chi connectivity index (χ0n) is 12.7. The van der Waals surface area contributed by atoms with Crippen molar-refractivity contribution in [3.05, 3.63) is 0 Å². The van der Waals surface area contributed by atoms with Crippen LogP contribution in [0.3, 0.4) is 0 Å². The van der Waals surface area contributed by atoms with Gasteiger partial charge in [-0.1, -0.05) is 13.8 Å². The summed E-state index contributed by atoms with van der Waals surface area (Å²) in [5.74, 6) is 1.19. The number of amides is 1. The number of nitrogens with zero attached hydrogens (tertiary/aromatic N) is 2. The zero-order valence-corrected chi connectivity index (χ0v) is 12.7. The van der Waals surface area contributed by atoms with Gasteiger partial charge in [0, 0.05) is 25.6 Å². The number of rotatable bonds is 4. The van der Waals surface area contributed by atoms with Gasteiger partial charge in [-0.3, -0.25) is 4.79 Å². The van der Waals surface area contributed by atoms with E-state index in [0.29, 0.717) is 17.4 Å². The van der Waals surface area contributed by atoms with Crippen LogP contribution < -0.4 is 0 Å². The molecule has 0 radical (unpaired) electrons. The van der Waals surface area contributed by atoms with Crippen LogP contribution in [0.5, 0.6) is 0 Å².